The zero-order valence-electron chi connectivity index (χ0n) is 45.8. The van der Waals surface area contributed by atoms with E-state index in [0.29, 0.717) is 11.5 Å². The Kier molecular flexibility index (Phi) is 13.6. The SMILES string of the molecule is CC(C)(C)c1ccc(-c2cccc(-c3cccc(-c4ccccc4)c3)c2N2[CH-]N(c3[c-]c(Oc4[c-]c5c(cc4)c4ccccc4n5-c4cc(C(C)(C)C)c(-c5ccccc5)cn4)cc(C(C)(C)C)c3)c3ccccc32)cc1.[Pt]. The second kappa shape index (κ2) is 20.4. The summed E-state index contributed by atoms with van der Waals surface area (Å²) in [6.45, 7) is 22.6. The van der Waals surface area contributed by atoms with Crippen molar-refractivity contribution in [2.75, 3.05) is 9.80 Å². The van der Waals surface area contributed by atoms with E-state index in [-0.39, 0.29) is 37.3 Å². The molecule has 0 saturated heterocycles. The van der Waals surface area contributed by atoms with Gasteiger partial charge in [-0.15, -0.1) is 53.6 Å². The molecule has 0 fully saturated rings. The quantitative estimate of drug-likeness (QED) is 0.135. The summed E-state index contributed by atoms with van der Waals surface area (Å²) in [6.07, 6.45) is 2.03. The number of benzene rings is 9. The van der Waals surface area contributed by atoms with E-state index in [1.807, 2.05) is 12.3 Å². The number of ether oxygens (including phenoxy) is 1. The summed E-state index contributed by atoms with van der Waals surface area (Å²) in [7, 11) is 0. The fraction of sp³-hybridized carbons (Fsp3) is 0.167. The van der Waals surface area contributed by atoms with Crippen molar-refractivity contribution < 1.29 is 25.8 Å². The van der Waals surface area contributed by atoms with Gasteiger partial charge in [0.2, 0.25) is 0 Å². The Hall–Kier alpha value is -7.98. The molecule has 3 heterocycles. The second-order valence-corrected chi connectivity index (χ2v) is 23.4. The zero-order valence-corrected chi connectivity index (χ0v) is 48.1. The first-order chi connectivity index (χ1) is 37.1. The predicted molar refractivity (Wildman–Crippen MR) is 322 cm³/mol. The summed E-state index contributed by atoms with van der Waals surface area (Å²) in [4.78, 5) is 9.82. The van der Waals surface area contributed by atoms with Gasteiger partial charge in [0.05, 0.1) is 0 Å². The van der Waals surface area contributed by atoms with Gasteiger partial charge in [0.25, 0.3) is 0 Å². The normalized spacial score (nSPS) is 12.7. The van der Waals surface area contributed by atoms with E-state index >= 15 is 0 Å². The van der Waals surface area contributed by atoms with Crippen LogP contribution in [0.2, 0.25) is 0 Å². The van der Waals surface area contributed by atoms with Crippen LogP contribution in [0.15, 0.2) is 212 Å². The number of hydrogen-bond donors (Lipinski definition) is 0. The molecule has 0 bridgehead atoms. The molecule has 0 N–H and O–H groups in total. The molecule has 12 rings (SSSR count). The minimum absolute atomic E-state index is 0. The second-order valence-electron chi connectivity index (χ2n) is 23.4. The maximum Gasteiger partial charge on any atom is 0.135 e. The third kappa shape index (κ3) is 9.86. The van der Waals surface area contributed by atoms with Crippen LogP contribution in [0, 0.1) is 18.8 Å². The molecule has 0 saturated carbocycles. The van der Waals surface area contributed by atoms with Crippen molar-refractivity contribution >= 4 is 44.6 Å². The van der Waals surface area contributed by atoms with E-state index in [1.54, 1.807) is 0 Å². The molecular weight excluding hydrogens is 1130 g/mol. The summed E-state index contributed by atoms with van der Waals surface area (Å²) in [5.41, 5.74) is 18.5. The Bertz CT molecular complexity index is 3990. The van der Waals surface area contributed by atoms with Crippen LogP contribution < -0.4 is 14.5 Å². The molecule has 9 aromatic carbocycles. The molecule has 390 valence electrons. The van der Waals surface area contributed by atoms with Gasteiger partial charge in [0.15, 0.2) is 0 Å². The van der Waals surface area contributed by atoms with E-state index in [4.69, 9.17) is 9.72 Å². The van der Waals surface area contributed by atoms with Gasteiger partial charge < -0.3 is 19.1 Å². The standard InChI is InChI=1S/C72H63N4O.Pt/c1-70(2,3)53-36-34-50(35-37-53)58-29-21-30-59(52-27-20-26-51(40-52)48-22-12-10-13-23-48)69(58)75-47-74(65-32-18-19-33-66(65)75)55-41-54(71(4,5)6)42-57(43-55)77-56-38-39-61-60-28-16-17-31-64(60)76(67(61)44-56)68-45-63(72(7,8)9)62(46-73-68)49-24-14-11-15-25-49;/h10-42,45-47H,1-9H3;/q-3;. The number of para-hydroxylation sites is 4. The van der Waals surface area contributed by atoms with Gasteiger partial charge in [-0.2, -0.15) is 6.07 Å². The number of pyridine rings is 1. The Balaban J connectivity index is 0.00000645. The molecule has 0 atom stereocenters. The number of aromatic nitrogens is 2. The molecule has 0 radical (unpaired) electrons. The minimum Gasteiger partial charge on any atom is -0.509 e. The Morgan fingerprint density at radius 3 is 1.72 bits per heavy atom. The number of nitrogens with zero attached hydrogens (tertiary/aromatic N) is 4. The van der Waals surface area contributed by atoms with Crippen molar-refractivity contribution in [1.82, 2.24) is 9.55 Å². The Labute approximate surface area is 475 Å². The Morgan fingerprint density at radius 2 is 1.03 bits per heavy atom. The van der Waals surface area contributed by atoms with Gasteiger partial charge in [-0.05, 0) is 90.9 Å². The van der Waals surface area contributed by atoms with Crippen molar-refractivity contribution in [2.24, 2.45) is 0 Å². The topological polar surface area (TPSA) is 33.5 Å². The van der Waals surface area contributed by atoms with Crippen molar-refractivity contribution in [3.63, 3.8) is 0 Å². The fourth-order valence-electron chi connectivity index (χ4n) is 10.9. The molecule has 5 nitrogen and oxygen atoms in total. The van der Waals surface area contributed by atoms with Crippen molar-refractivity contribution in [1.29, 1.82) is 0 Å². The number of fused-ring (bicyclic) bond motifs is 4. The van der Waals surface area contributed by atoms with Gasteiger partial charge in [0, 0.05) is 78.0 Å². The number of rotatable bonds is 9. The van der Waals surface area contributed by atoms with Crippen molar-refractivity contribution in [3.8, 4) is 61.8 Å². The van der Waals surface area contributed by atoms with Gasteiger partial charge in [-0.25, -0.2) is 4.98 Å². The molecular formula is C72H63N4OPt-3. The van der Waals surface area contributed by atoms with E-state index in [0.717, 1.165) is 89.3 Å². The smallest absolute Gasteiger partial charge is 0.135 e. The largest absolute Gasteiger partial charge is 0.509 e. The Morgan fingerprint density at radius 1 is 0.436 bits per heavy atom. The van der Waals surface area contributed by atoms with E-state index in [9.17, 15) is 0 Å². The van der Waals surface area contributed by atoms with Crippen molar-refractivity contribution in [2.45, 2.75) is 78.6 Å². The molecule has 11 aromatic rings. The number of anilines is 4. The average molecular weight is 1200 g/mol. The summed E-state index contributed by atoms with van der Waals surface area (Å²) < 4.78 is 9.23. The molecule has 2 aromatic heterocycles. The van der Waals surface area contributed by atoms with Crippen LogP contribution in [-0.4, -0.2) is 9.55 Å². The van der Waals surface area contributed by atoms with E-state index in [2.05, 4.69) is 296 Å². The predicted octanol–water partition coefficient (Wildman–Crippen LogP) is 19.5. The molecule has 6 heteroatoms. The van der Waals surface area contributed by atoms with Crippen LogP contribution in [0.25, 0.3) is 72.1 Å². The van der Waals surface area contributed by atoms with Crippen LogP contribution >= 0.6 is 0 Å². The third-order valence-electron chi connectivity index (χ3n) is 15.0. The van der Waals surface area contributed by atoms with Crippen LogP contribution in [-0.2, 0) is 37.3 Å². The molecule has 1 aliphatic rings. The molecule has 1 aliphatic heterocycles. The summed E-state index contributed by atoms with van der Waals surface area (Å²) in [6, 6.07) is 81.5. The first-order valence-electron chi connectivity index (χ1n) is 26.8. The van der Waals surface area contributed by atoms with Crippen LogP contribution in [0.5, 0.6) is 11.5 Å². The van der Waals surface area contributed by atoms with E-state index < -0.39 is 0 Å². The van der Waals surface area contributed by atoms with Crippen LogP contribution in [0.1, 0.15) is 79.0 Å². The molecule has 78 heavy (non-hydrogen) atoms. The van der Waals surface area contributed by atoms with Gasteiger partial charge in [-0.3, -0.25) is 0 Å². The van der Waals surface area contributed by atoms with Gasteiger partial charge in [0.1, 0.15) is 5.82 Å². The van der Waals surface area contributed by atoms with Gasteiger partial charge in [-0.1, -0.05) is 219 Å². The van der Waals surface area contributed by atoms with Crippen LogP contribution in [0.3, 0.4) is 0 Å². The molecule has 0 spiro atoms. The average Bonchev–Trinajstić information content (AvgIpc) is 4.14. The molecule has 0 aliphatic carbocycles. The van der Waals surface area contributed by atoms with Crippen molar-refractivity contribution in [3.05, 3.63) is 248 Å². The van der Waals surface area contributed by atoms with Crippen LogP contribution in [0.4, 0.5) is 22.7 Å². The summed E-state index contributed by atoms with van der Waals surface area (Å²) in [5.74, 6) is 2.03. The van der Waals surface area contributed by atoms with Gasteiger partial charge >= 0.3 is 0 Å². The fourth-order valence-corrected chi connectivity index (χ4v) is 10.9. The first-order valence-corrected chi connectivity index (χ1v) is 26.8. The number of hydrogen-bond acceptors (Lipinski definition) is 4. The maximum atomic E-state index is 7.00. The van der Waals surface area contributed by atoms with E-state index in [1.165, 1.54) is 22.3 Å². The monoisotopic (exact) mass is 1190 g/mol. The maximum absolute atomic E-state index is 7.00. The molecule has 0 amide bonds. The summed E-state index contributed by atoms with van der Waals surface area (Å²) in [5, 5.41) is 2.20. The molecule has 0 unspecified atom stereocenters. The first kappa shape index (κ1) is 52.1. The summed E-state index contributed by atoms with van der Waals surface area (Å²) >= 11 is 0. The minimum atomic E-state index is -0.216. The zero-order chi connectivity index (χ0) is 53.2. The third-order valence-corrected chi connectivity index (χ3v) is 15.0.